The van der Waals surface area contributed by atoms with Gasteiger partial charge in [-0.2, -0.15) is 0 Å². The van der Waals surface area contributed by atoms with Crippen molar-refractivity contribution in [3.63, 3.8) is 0 Å². The third-order valence-corrected chi connectivity index (χ3v) is 7.05. The molecular weight excluding hydrogens is 456 g/mol. The molecular formula is C26H27ClN2O3S. The molecule has 3 aromatic rings. The van der Waals surface area contributed by atoms with E-state index >= 15 is 0 Å². The molecule has 7 heteroatoms. The second-order valence-corrected chi connectivity index (χ2v) is 9.63. The number of hydrogen-bond donors (Lipinski definition) is 1. The van der Waals surface area contributed by atoms with Gasteiger partial charge >= 0.3 is 0 Å². The van der Waals surface area contributed by atoms with E-state index in [2.05, 4.69) is 5.32 Å². The summed E-state index contributed by atoms with van der Waals surface area (Å²) in [4.78, 5) is 29.9. The van der Waals surface area contributed by atoms with Crippen molar-refractivity contribution in [1.82, 2.24) is 5.32 Å². The monoisotopic (exact) mass is 482 g/mol. The number of nitrogens with zero attached hydrogens (tertiary/aromatic N) is 1. The lowest BCUT2D eigenvalue weighted by atomic mass is 10.0. The Bertz CT molecular complexity index is 1060. The van der Waals surface area contributed by atoms with Crippen LogP contribution in [0.15, 0.2) is 66.0 Å². The van der Waals surface area contributed by atoms with E-state index in [0.29, 0.717) is 22.0 Å². The maximum absolute atomic E-state index is 13.7. The van der Waals surface area contributed by atoms with Gasteiger partial charge in [0.05, 0.1) is 13.5 Å². The number of benzene rings is 2. The van der Waals surface area contributed by atoms with Crippen LogP contribution >= 0.6 is 22.9 Å². The highest BCUT2D eigenvalue weighted by Gasteiger charge is 2.34. The van der Waals surface area contributed by atoms with E-state index in [1.54, 1.807) is 36.3 Å². The van der Waals surface area contributed by atoms with Crippen LogP contribution in [0.1, 0.15) is 42.2 Å². The zero-order valence-electron chi connectivity index (χ0n) is 18.5. The normalized spacial score (nSPS) is 14.6. The number of ether oxygens (including phenoxy) is 1. The highest BCUT2D eigenvalue weighted by Crippen LogP contribution is 2.32. The maximum Gasteiger partial charge on any atom is 0.248 e. The predicted molar refractivity (Wildman–Crippen MR) is 133 cm³/mol. The Hall–Kier alpha value is -2.83. The van der Waals surface area contributed by atoms with Crippen LogP contribution in [0.5, 0.6) is 5.75 Å². The molecule has 1 saturated carbocycles. The van der Waals surface area contributed by atoms with Crippen LogP contribution in [0.2, 0.25) is 5.02 Å². The van der Waals surface area contributed by atoms with Crippen molar-refractivity contribution in [1.29, 1.82) is 0 Å². The van der Waals surface area contributed by atoms with Crippen LogP contribution in [0.3, 0.4) is 0 Å². The fraction of sp³-hybridized carbons (Fsp3) is 0.308. The number of nitrogens with one attached hydrogen (secondary N) is 1. The van der Waals surface area contributed by atoms with Gasteiger partial charge in [0.1, 0.15) is 11.8 Å². The molecule has 0 saturated heterocycles. The van der Waals surface area contributed by atoms with Gasteiger partial charge in [-0.1, -0.05) is 42.6 Å². The predicted octanol–water partition coefficient (Wildman–Crippen LogP) is 5.79. The number of methoxy groups -OCH3 is 1. The Morgan fingerprint density at radius 1 is 1.09 bits per heavy atom. The van der Waals surface area contributed by atoms with Crippen molar-refractivity contribution in [3.8, 4) is 5.75 Å². The van der Waals surface area contributed by atoms with Crippen LogP contribution in [0, 0.1) is 0 Å². The number of carbonyl (C=O) groups is 2. The van der Waals surface area contributed by atoms with Gasteiger partial charge in [-0.3, -0.25) is 14.5 Å². The first-order chi connectivity index (χ1) is 16.0. The molecule has 1 atom stereocenters. The summed E-state index contributed by atoms with van der Waals surface area (Å²) in [6.45, 7) is 0. The number of carbonyl (C=O) groups excluding carboxylic acids is 2. The molecule has 172 valence electrons. The molecule has 5 nitrogen and oxygen atoms in total. The Kier molecular flexibility index (Phi) is 7.68. The molecule has 0 spiro atoms. The topological polar surface area (TPSA) is 58.6 Å². The number of rotatable bonds is 8. The minimum absolute atomic E-state index is 0.136. The van der Waals surface area contributed by atoms with E-state index in [0.717, 1.165) is 30.6 Å². The Morgan fingerprint density at radius 3 is 2.39 bits per heavy atom. The summed E-state index contributed by atoms with van der Waals surface area (Å²) < 4.78 is 5.29. The molecule has 4 rings (SSSR count). The van der Waals surface area contributed by atoms with Crippen LogP contribution in [0.4, 0.5) is 5.69 Å². The second-order valence-electron chi connectivity index (χ2n) is 8.16. The summed E-state index contributed by atoms with van der Waals surface area (Å²) in [5.41, 5.74) is 1.35. The van der Waals surface area contributed by atoms with Gasteiger partial charge in [0, 0.05) is 21.6 Å². The van der Waals surface area contributed by atoms with Gasteiger partial charge in [-0.15, -0.1) is 11.3 Å². The third kappa shape index (κ3) is 5.75. The lowest BCUT2D eigenvalue weighted by Gasteiger charge is -2.32. The van der Waals surface area contributed by atoms with Crippen molar-refractivity contribution < 1.29 is 14.3 Å². The number of hydrogen-bond acceptors (Lipinski definition) is 4. The largest absolute Gasteiger partial charge is 0.497 e. The number of anilines is 1. The van der Waals surface area contributed by atoms with Gasteiger partial charge in [-0.05, 0) is 66.2 Å². The van der Waals surface area contributed by atoms with Crippen molar-refractivity contribution in [2.45, 2.75) is 44.2 Å². The van der Waals surface area contributed by atoms with Gasteiger partial charge < -0.3 is 10.1 Å². The van der Waals surface area contributed by atoms with Crippen molar-refractivity contribution in [3.05, 3.63) is 81.5 Å². The highest BCUT2D eigenvalue weighted by molar-refractivity contribution is 7.10. The average Bonchev–Trinajstić information content (AvgIpc) is 3.53. The van der Waals surface area contributed by atoms with E-state index < -0.39 is 6.04 Å². The average molecular weight is 483 g/mol. The number of halogens is 1. The summed E-state index contributed by atoms with van der Waals surface area (Å²) in [5, 5.41) is 5.72. The van der Waals surface area contributed by atoms with Crippen molar-refractivity contribution in [2.24, 2.45) is 0 Å². The lowest BCUT2D eigenvalue weighted by Crippen LogP contribution is -2.46. The zero-order valence-corrected chi connectivity index (χ0v) is 20.1. The summed E-state index contributed by atoms with van der Waals surface area (Å²) in [6, 6.07) is 17.6. The Balaban J connectivity index is 1.75. The molecule has 0 radical (unpaired) electrons. The molecule has 1 heterocycles. The molecule has 0 aliphatic heterocycles. The Labute approximate surface area is 203 Å². The molecule has 1 aliphatic carbocycles. The fourth-order valence-electron chi connectivity index (χ4n) is 4.24. The molecule has 1 N–H and O–H groups in total. The second kappa shape index (κ2) is 10.9. The van der Waals surface area contributed by atoms with Gasteiger partial charge in [0.15, 0.2) is 0 Å². The first-order valence-electron chi connectivity index (χ1n) is 11.1. The smallest absolute Gasteiger partial charge is 0.248 e. The lowest BCUT2D eigenvalue weighted by molar-refractivity contribution is -0.127. The quantitative estimate of drug-likeness (QED) is 0.442. The van der Waals surface area contributed by atoms with Crippen LogP contribution in [0.25, 0.3) is 0 Å². The molecule has 2 aromatic carbocycles. The SMILES string of the molecule is COc1ccc(N(C(=O)Cc2cccs2)[C@H](C(=O)NC2CCCC2)c2ccc(Cl)cc2)cc1. The van der Waals surface area contributed by atoms with Gasteiger partial charge in [0.2, 0.25) is 11.8 Å². The van der Waals surface area contributed by atoms with Crippen LogP contribution < -0.4 is 15.0 Å². The van der Waals surface area contributed by atoms with E-state index in [1.807, 2.05) is 41.8 Å². The summed E-state index contributed by atoms with van der Waals surface area (Å²) in [6.07, 6.45) is 4.35. The molecule has 1 aromatic heterocycles. The van der Waals surface area contributed by atoms with Crippen LogP contribution in [-0.2, 0) is 16.0 Å². The molecule has 1 fully saturated rings. The molecule has 1 aliphatic rings. The number of amides is 2. The Morgan fingerprint density at radius 2 is 1.79 bits per heavy atom. The first-order valence-corrected chi connectivity index (χ1v) is 12.4. The standard InChI is InChI=1S/C26H27ClN2O3S/c1-32-22-14-12-21(13-15-22)29(24(30)17-23-7-4-16-33-23)25(18-8-10-19(27)11-9-18)26(31)28-20-5-2-3-6-20/h4,7-16,20,25H,2-3,5-6,17H2,1H3,(H,28,31)/t25-/m0/s1. The first kappa shape index (κ1) is 23.3. The summed E-state index contributed by atoms with van der Waals surface area (Å²) >= 11 is 7.66. The van der Waals surface area contributed by atoms with E-state index in [-0.39, 0.29) is 24.3 Å². The zero-order chi connectivity index (χ0) is 23.2. The fourth-order valence-corrected chi connectivity index (χ4v) is 5.06. The highest BCUT2D eigenvalue weighted by atomic mass is 35.5. The van der Waals surface area contributed by atoms with Gasteiger partial charge in [-0.25, -0.2) is 0 Å². The van der Waals surface area contributed by atoms with Crippen molar-refractivity contribution in [2.75, 3.05) is 12.0 Å². The minimum atomic E-state index is -0.816. The minimum Gasteiger partial charge on any atom is -0.497 e. The van der Waals surface area contributed by atoms with E-state index in [9.17, 15) is 9.59 Å². The summed E-state index contributed by atoms with van der Waals surface area (Å²) in [7, 11) is 1.60. The molecule has 2 amide bonds. The molecule has 0 unspecified atom stereocenters. The molecule has 0 bridgehead atoms. The van der Waals surface area contributed by atoms with E-state index in [1.165, 1.54) is 11.3 Å². The van der Waals surface area contributed by atoms with E-state index in [4.69, 9.17) is 16.3 Å². The summed E-state index contributed by atoms with van der Waals surface area (Å²) in [5.74, 6) is 0.353. The van der Waals surface area contributed by atoms with Gasteiger partial charge in [0.25, 0.3) is 0 Å². The maximum atomic E-state index is 13.7. The molecule has 33 heavy (non-hydrogen) atoms. The number of thiophene rings is 1. The van der Waals surface area contributed by atoms with Crippen LogP contribution in [-0.4, -0.2) is 25.0 Å². The third-order valence-electron chi connectivity index (χ3n) is 5.92. The van der Waals surface area contributed by atoms with Crippen molar-refractivity contribution >= 4 is 40.4 Å².